The van der Waals surface area contributed by atoms with Crippen molar-refractivity contribution >= 4 is 29.3 Å². The second kappa shape index (κ2) is 6.98. The molecule has 1 atom stereocenters. The van der Waals surface area contributed by atoms with Gasteiger partial charge in [0.2, 0.25) is 5.62 Å². The molecule has 0 radical (unpaired) electrons. The first-order valence-electron chi connectivity index (χ1n) is 6.98. The number of nitrogens with one attached hydrogen (secondary N) is 1. The molecule has 3 aromatic rings. The van der Waals surface area contributed by atoms with E-state index in [9.17, 15) is 13.9 Å². The van der Waals surface area contributed by atoms with Crippen molar-refractivity contribution in [2.24, 2.45) is 0 Å². The zero-order valence-electron chi connectivity index (χ0n) is 12.3. The molecule has 0 spiro atoms. The number of thiol groups is 1. The lowest BCUT2D eigenvalue weighted by Crippen LogP contribution is -2.07. The fourth-order valence-corrected chi connectivity index (χ4v) is 2.33. The van der Waals surface area contributed by atoms with Gasteiger partial charge in [-0.05, 0) is 35.9 Å². The van der Waals surface area contributed by atoms with Gasteiger partial charge in [0.1, 0.15) is 17.9 Å². The third kappa shape index (κ3) is 3.72. The summed E-state index contributed by atoms with van der Waals surface area (Å²) in [6, 6.07) is 8.70. The lowest BCUT2D eigenvalue weighted by atomic mass is 10.2. The summed E-state index contributed by atoms with van der Waals surface area (Å²) in [6.07, 6.45) is 1.39. The lowest BCUT2D eigenvalue weighted by molar-refractivity contribution is 0.0646. The van der Waals surface area contributed by atoms with Gasteiger partial charge in [-0.1, -0.05) is 6.07 Å². The molecule has 3 rings (SSSR count). The van der Waals surface area contributed by atoms with Gasteiger partial charge in [0.05, 0.1) is 5.52 Å². The first-order chi connectivity index (χ1) is 11.5. The van der Waals surface area contributed by atoms with E-state index in [2.05, 4.69) is 27.9 Å². The summed E-state index contributed by atoms with van der Waals surface area (Å²) in [5, 5.41) is 12.9. The molecule has 0 aliphatic carbocycles. The topological polar surface area (TPSA) is 67.3 Å². The van der Waals surface area contributed by atoms with Gasteiger partial charge in [0.25, 0.3) is 0 Å². The molecule has 1 unspecified atom stereocenters. The van der Waals surface area contributed by atoms with E-state index in [-0.39, 0.29) is 6.54 Å². The van der Waals surface area contributed by atoms with Crippen LogP contribution < -0.4 is 10.1 Å². The Labute approximate surface area is 141 Å². The third-order valence-corrected chi connectivity index (χ3v) is 3.40. The quantitative estimate of drug-likeness (QED) is 0.488. The molecule has 0 aliphatic rings. The Morgan fingerprint density at radius 2 is 1.96 bits per heavy atom. The molecule has 0 fully saturated rings. The molecule has 0 saturated carbocycles. The van der Waals surface area contributed by atoms with E-state index in [4.69, 9.17) is 4.74 Å². The van der Waals surface area contributed by atoms with Gasteiger partial charge in [0.15, 0.2) is 11.6 Å². The van der Waals surface area contributed by atoms with E-state index in [1.807, 2.05) is 0 Å². The van der Waals surface area contributed by atoms with Crippen molar-refractivity contribution in [1.82, 2.24) is 9.97 Å². The van der Waals surface area contributed by atoms with Crippen LogP contribution in [0.1, 0.15) is 5.56 Å². The number of rotatable bonds is 5. The predicted octanol–water partition coefficient (Wildman–Crippen LogP) is 3.10. The molecule has 5 nitrogen and oxygen atoms in total. The highest BCUT2D eigenvalue weighted by molar-refractivity contribution is 7.80. The molecular weight excluding hydrogens is 336 g/mol. The average Bonchev–Trinajstić information content (AvgIpc) is 2.55. The van der Waals surface area contributed by atoms with Crippen LogP contribution in [0.4, 0.5) is 14.6 Å². The van der Waals surface area contributed by atoms with Gasteiger partial charge in [-0.15, -0.1) is 12.6 Å². The average molecular weight is 349 g/mol. The van der Waals surface area contributed by atoms with Crippen molar-refractivity contribution in [3.8, 4) is 5.75 Å². The minimum Gasteiger partial charge on any atom is -0.456 e. The zero-order chi connectivity index (χ0) is 17.1. The number of anilines is 1. The Morgan fingerprint density at radius 3 is 2.71 bits per heavy atom. The van der Waals surface area contributed by atoms with Gasteiger partial charge >= 0.3 is 0 Å². The zero-order valence-corrected chi connectivity index (χ0v) is 13.2. The molecule has 124 valence electrons. The highest BCUT2D eigenvalue weighted by atomic mass is 32.1. The Morgan fingerprint density at radius 1 is 1.12 bits per heavy atom. The van der Waals surface area contributed by atoms with Crippen LogP contribution in [0.5, 0.6) is 5.75 Å². The van der Waals surface area contributed by atoms with Gasteiger partial charge in [-0.25, -0.2) is 18.7 Å². The number of halogens is 2. The molecule has 8 heteroatoms. The van der Waals surface area contributed by atoms with Crippen molar-refractivity contribution in [3.05, 3.63) is 59.9 Å². The summed E-state index contributed by atoms with van der Waals surface area (Å²) in [6.45, 7) is 0.254. The van der Waals surface area contributed by atoms with Gasteiger partial charge in [-0.2, -0.15) is 0 Å². The fraction of sp³-hybridized carbons (Fsp3) is 0.125. The molecule has 0 bridgehead atoms. The number of hydrogen-bond acceptors (Lipinski definition) is 6. The number of aromatic nitrogens is 2. The first-order valence-corrected chi connectivity index (χ1v) is 7.50. The molecule has 2 aromatic carbocycles. The summed E-state index contributed by atoms with van der Waals surface area (Å²) in [4.78, 5) is 8.30. The SMILES string of the molecule is OC(S)Oc1ccc2ncnc(NCc3ccc(F)c(F)c3)c2c1. The van der Waals surface area contributed by atoms with Crippen molar-refractivity contribution < 1.29 is 18.6 Å². The van der Waals surface area contributed by atoms with E-state index in [1.54, 1.807) is 18.2 Å². The van der Waals surface area contributed by atoms with Gasteiger partial charge < -0.3 is 15.2 Å². The maximum atomic E-state index is 13.3. The van der Waals surface area contributed by atoms with Crippen LogP contribution in [0.2, 0.25) is 0 Å². The Hall–Kier alpha value is -2.45. The normalized spacial score (nSPS) is 12.2. The molecule has 1 heterocycles. The smallest absolute Gasteiger partial charge is 0.244 e. The monoisotopic (exact) mass is 349 g/mol. The molecular formula is C16H13F2N3O2S. The fourth-order valence-electron chi connectivity index (χ4n) is 2.21. The summed E-state index contributed by atoms with van der Waals surface area (Å²) in [5.41, 5.74) is -0.0108. The summed E-state index contributed by atoms with van der Waals surface area (Å²) < 4.78 is 31.3. The maximum Gasteiger partial charge on any atom is 0.244 e. The number of nitrogens with zero attached hydrogens (tertiary/aromatic N) is 2. The van der Waals surface area contributed by atoms with E-state index in [0.717, 1.165) is 12.1 Å². The standard InChI is InChI=1S/C16H13F2N3O2S/c17-12-3-1-9(5-13(12)18)7-19-15-11-6-10(23-16(22)24)2-4-14(11)20-8-21-15/h1-6,8,16,22,24H,7H2,(H,19,20,21). The van der Waals surface area contributed by atoms with Crippen LogP contribution in [-0.2, 0) is 6.54 Å². The number of ether oxygens (including phenoxy) is 1. The van der Waals surface area contributed by atoms with Crippen molar-refractivity contribution in [1.29, 1.82) is 0 Å². The Balaban J connectivity index is 1.86. The van der Waals surface area contributed by atoms with Crippen molar-refractivity contribution in [2.75, 3.05) is 5.32 Å². The molecule has 0 amide bonds. The summed E-state index contributed by atoms with van der Waals surface area (Å²) in [5.74, 6) is -0.891. The van der Waals surface area contributed by atoms with Crippen molar-refractivity contribution in [3.63, 3.8) is 0 Å². The number of hydrogen-bond donors (Lipinski definition) is 3. The molecule has 2 N–H and O–H groups in total. The van der Waals surface area contributed by atoms with E-state index in [1.165, 1.54) is 12.4 Å². The molecule has 0 saturated heterocycles. The second-order valence-electron chi connectivity index (χ2n) is 4.95. The van der Waals surface area contributed by atoms with Crippen molar-refractivity contribution in [2.45, 2.75) is 12.2 Å². The van der Waals surface area contributed by atoms with Crippen LogP contribution in [0.15, 0.2) is 42.7 Å². The largest absolute Gasteiger partial charge is 0.456 e. The molecule has 1 aromatic heterocycles. The van der Waals surface area contributed by atoms with Crippen LogP contribution >= 0.6 is 12.6 Å². The Kier molecular flexibility index (Phi) is 4.77. The van der Waals surface area contributed by atoms with E-state index < -0.39 is 17.3 Å². The summed E-state index contributed by atoms with van der Waals surface area (Å²) in [7, 11) is 0. The predicted molar refractivity (Wildman–Crippen MR) is 88.8 cm³/mol. The lowest BCUT2D eigenvalue weighted by Gasteiger charge is -2.11. The summed E-state index contributed by atoms with van der Waals surface area (Å²) >= 11 is 3.76. The first kappa shape index (κ1) is 16.4. The van der Waals surface area contributed by atoms with Gasteiger partial charge in [-0.3, -0.25) is 0 Å². The van der Waals surface area contributed by atoms with Crippen LogP contribution in [0.25, 0.3) is 10.9 Å². The molecule has 24 heavy (non-hydrogen) atoms. The van der Waals surface area contributed by atoms with Crippen LogP contribution in [-0.4, -0.2) is 20.7 Å². The second-order valence-corrected chi connectivity index (χ2v) is 5.39. The van der Waals surface area contributed by atoms with E-state index >= 15 is 0 Å². The highest BCUT2D eigenvalue weighted by Gasteiger charge is 2.08. The Bertz CT molecular complexity index is 877. The van der Waals surface area contributed by atoms with Crippen LogP contribution in [0.3, 0.4) is 0 Å². The minimum absolute atomic E-state index is 0.254. The van der Waals surface area contributed by atoms with Gasteiger partial charge in [0, 0.05) is 11.9 Å². The van der Waals surface area contributed by atoms with Crippen LogP contribution in [0, 0.1) is 11.6 Å². The number of aliphatic hydroxyl groups is 1. The van der Waals surface area contributed by atoms with E-state index in [0.29, 0.717) is 28.0 Å². The minimum atomic E-state index is -1.24. The maximum absolute atomic E-state index is 13.3. The highest BCUT2D eigenvalue weighted by Crippen LogP contribution is 2.25. The third-order valence-electron chi connectivity index (χ3n) is 3.29. The number of benzene rings is 2. The number of fused-ring (bicyclic) bond motifs is 1. The number of aliphatic hydroxyl groups excluding tert-OH is 1. The molecule has 0 aliphatic heterocycles.